The summed E-state index contributed by atoms with van der Waals surface area (Å²) in [6, 6.07) is 1.49. The molecule has 0 aliphatic heterocycles. The minimum absolute atomic E-state index is 0.112. The van der Waals surface area contributed by atoms with E-state index in [2.05, 4.69) is 15.2 Å². The van der Waals surface area contributed by atoms with Crippen LogP contribution in [0.1, 0.15) is 5.69 Å². The van der Waals surface area contributed by atoms with Gasteiger partial charge in [0.2, 0.25) is 11.1 Å². The lowest BCUT2D eigenvalue weighted by Crippen LogP contribution is -2.09. The molecule has 0 spiro atoms. The van der Waals surface area contributed by atoms with Gasteiger partial charge in [0.15, 0.2) is 0 Å². The first-order chi connectivity index (χ1) is 5.27. The summed E-state index contributed by atoms with van der Waals surface area (Å²) < 4.78 is 1.36. The number of H-pyrrole nitrogens is 1. The van der Waals surface area contributed by atoms with E-state index in [1.54, 1.807) is 6.92 Å². The number of rotatable bonds is 0. The summed E-state index contributed by atoms with van der Waals surface area (Å²) in [5.41, 5.74) is 0.988. The third kappa shape index (κ3) is 0.813. The lowest BCUT2D eigenvalue weighted by atomic mass is 10.4. The highest BCUT2D eigenvalue weighted by Crippen LogP contribution is 1.88. The van der Waals surface area contributed by atoms with Gasteiger partial charge in [0.1, 0.15) is 6.33 Å². The number of nitrogens with one attached hydrogen (secondary N) is 1. The summed E-state index contributed by atoms with van der Waals surface area (Å²) in [6.45, 7) is 1.79. The topological polar surface area (TPSA) is 63.1 Å². The molecule has 11 heavy (non-hydrogen) atoms. The van der Waals surface area contributed by atoms with Crippen LogP contribution in [0.25, 0.3) is 5.65 Å². The number of aryl methyl sites for hydroxylation is 1. The zero-order valence-corrected chi connectivity index (χ0v) is 5.90. The van der Waals surface area contributed by atoms with E-state index in [9.17, 15) is 4.79 Å². The SMILES string of the molecule is Cc1cc(=O)c2ncnn2[nH]1. The normalized spacial score (nSPS) is 10.6. The summed E-state index contributed by atoms with van der Waals surface area (Å²) >= 11 is 0. The van der Waals surface area contributed by atoms with Crippen LogP contribution in [0.4, 0.5) is 0 Å². The molecule has 2 rings (SSSR count). The number of hydrogen-bond donors (Lipinski definition) is 1. The van der Waals surface area contributed by atoms with Crippen LogP contribution in [0.5, 0.6) is 0 Å². The van der Waals surface area contributed by atoms with Gasteiger partial charge in [-0.2, -0.15) is 4.63 Å². The average molecular weight is 150 g/mol. The Bertz CT molecular complexity index is 441. The Balaban J connectivity index is 3.02. The highest BCUT2D eigenvalue weighted by atomic mass is 16.1. The largest absolute Gasteiger partial charge is 0.286 e. The van der Waals surface area contributed by atoms with E-state index in [1.165, 1.54) is 17.0 Å². The highest BCUT2D eigenvalue weighted by Gasteiger charge is 1.99. The maximum Gasteiger partial charge on any atom is 0.226 e. The van der Waals surface area contributed by atoms with E-state index >= 15 is 0 Å². The average Bonchev–Trinajstić information content (AvgIpc) is 2.34. The lowest BCUT2D eigenvalue weighted by Gasteiger charge is -1.92. The summed E-state index contributed by atoms with van der Waals surface area (Å²) in [5.74, 6) is 0. The van der Waals surface area contributed by atoms with Crippen molar-refractivity contribution in [1.29, 1.82) is 0 Å². The van der Waals surface area contributed by atoms with Crippen LogP contribution >= 0.6 is 0 Å². The summed E-state index contributed by atoms with van der Waals surface area (Å²) in [5, 5.41) is 6.64. The molecule has 2 aromatic heterocycles. The second kappa shape index (κ2) is 1.91. The van der Waals surface area contributed by atoms with Crippen molar-refractivity contribution in [3.63, 3.8) is 0 Å². The molecule has 5 nitrogen and oxygen atoms in total. The Morgan fingerprint density at radius 2 is 2.45 bits per heavy atom. The smallest absolute Gasteiger partial charge is 0.226 e. The molecule has 2 heterocycles. The molecule has 0 amide bonds. The minimum Gasteiger partial charge on any atom is -0.286 e. The van der Waals surface area contributed by atoms with E-state index in [4.69, 9.17) is 0 Å². The summed E-state index contributed by atoms with van der Waals surface area (Å²) in [7, 11) is 0. The molecule has 0 aliphatic rings. The molecule has 1 N–H and O–H groups in total. The van der Waals surface area contributed by atoms with Crippen molar-refractivity contribution in [2.24, 2.45) is 0 Å². The number of hydrogen-bond acceptors (Lipinski definition) is 3. The fourth-order valence-electron chi connectivity index (χ4n) is 0.952. The molecular weight excluding hydrogens is 144 g/mol. The molecule has 0 fully saturated rings. The van der Waals surface area contributed by atoms with Crippen molar-refractivity contribution in [2.75, 3.05) is 0 Å². The molecule has 0 atom stereocenters. The molecular formula is C6H6N4O. The van der Waals surface area contributed by atoms with Gasteiger partial charge in [-0.3, -0.25) is 9.89 Å². The third-order valence-electron chi connectivity index (χ3n) is 1.40. The van der Waals surface area contributed by atoms with E-state index in [0.717, 1.165) is 5.69 Å². The Kier molecular flexibility index (Phi) is 1.06. The highest BCUT2D eigenvalue weighted by molar-refractivity contribution is 5.33. The van der Waals surface area contributed by atoms with Gasteiger partial charge >= 0.3 is 0 Å². The van der Waals surface area contributed by atoms with Crippen LogP contribution in [0.3, 0.4) is 0 Å². The molecule has 0 radical (unpaired) electrons. The van der Waals surface area contributed by atoms with E-state index < -0.39 is 0 Å². The van der Waals surface area contributed by atoms with Crippen molar-refractivity contribution in [2.45, 2.75) is 6.92 Å². The number of aromatic nitrogens is 4. The van der Waals surface area contributed by atoms with Crippen molar-refractivity contribution in [3.8, 4) is 0 Å². The van der Waals surface area contributed by atoms with Crippen molar-refractivity contribution in [3.05, 3.63) is 28.3 Å². The van der Waals surface area contributed by atoms with Crippen LogP contribution < -0.4 is 5.43 Å². The predicted molar refractivity (Wildman–Crippen MR) is 38.3 cm³/mol. The first-order valence-electron chi connectivity index (χ1n) is 3.17. The van der Waals surface area contributed by atoms with Crippen molar-refractivity contribution >= 4 is 5.65 Å². The molecule has 56 valence electrons. The third-order valence-corrected chi connectivity index (χ3v) is 1.40. The number of fused-ring (bicyclic) bond motifs is 1. The number of aromatic amines is 1. The Morgan fingerprint density at radius 1 is 1.64 bits per heavy atom. The molecule has 0 unspecified atom stereocenters. The molecule has 0 saturated heterocycles. The molecule has 0 bridgehead atoms. The molecule has 0 aliphatic carbocycles. The van der Waals surface area contributed by atoms with E-state index in [-0.39, 0.29) is 5.43 Å². The van der Waals surface area contributed by atoms with Crippen LogP contribution in [0.2, 0.25) is 0 Å². The maximum absolute atomic E-state index is 11.1. The van der Waals surface area contributed by atoms with E-state index in [1.807, 2.05) is 0 Å². The fourth-order valence-corrected chi connectivity index (χ4v) is 0.952. The summed E-state index contributed by atoms with van der Waals surface area (Å²) in [4.78, 5) is 14.9. The zero-order chi connectivity index (χ0) is 7.84. The molecule has 2 aromatic rings. The maximum atomic E-state index is 11.1. The fraction of sp³-hybridized carbons (Fsp3) is 0.167. The predicted octanol–water partition coefficient (Wildman–Crippen LogP) is -0.274. The second-order valence-corrected chi connectivity index (χ2v) is 2.30. The minimum atomic E-state index is -0.112. The van der Waals surface area contributed by atoms with Gasteiger partial charge in [-0.25, -0.2) is 4.98 Å². The van der Waals surface area contributed by atoms with Crippen molar-refractivity contribution < 1.29 is 0 Å². The van der Waals surface area contributed by atoms with Gasteiger partial charge in [-0.1, -0.05) is 0 Å². The first-order valence-corrected chi connectivity index (χ1v) is 3.17. The van der Waals surface area contributed by atoms with Crippen LogP contribution in [0.15, 0.2) is 17.2 Å². The number of nitrogens with zero attached hydrogens (tertiary/aromatic N) is 3. The quantitative estimate of drug-likeness (QED) is 0.562. The van der Waals surface area contributed by atoms with E-state index in [0.29, 0.717) is 5.65 Å². The monoisotopic (exact) mass is 150 g/mol. The van der Waals surface area contributed by atoms with Gasteiger partial charge in [-0.15, -0.1) is 5.10 Å². The van der Waals surface area contributed by atoms with Gasteiger partial charge < -0.3 is 0 Å². The van der Waals surface area contributed by atoms with Gasteiger partial charge in [-0.05, 0) is 6.92 Å². The van der Waals surface area contributed by atoms with Crippen molar-refractivity contribution in [1.82, 2.24) is 19.8 Å². The lowest BCUT2D eigenvalue weighted by molar-refractivity contribution is 0.777. The van der Waals surface area contributed by atoms with Crippen LogP contribution in [0, 0.1) is 6.92 Å². The second-order valence-electron chi connectivity index (χ2n) is 2.30. The molecule has 5 heteroatoms. The Labute approximate surface area is 61.7 Å². The zero-order valence-electron chi connectivity index (χ0n) is 5.90. The Hall–Kier alpha value is -1.65. The van der Waals surface area contributed by atoms with Gasteiger partial charge in [0.05, 0.1) is 0 Å². The van der Waals surface area contributed by atoms with Gasteiger partial charge in [0, 0.05) is 11.8 Å². The van der Waals surface area contributed by atoms with Gasteiger partial charge in [0.25, 0.3) is 0 Å². The van der Waals surface area contributed by atoms with Crippen LogP contribution in [-0.4, -0.2) is 19.8 Å². The standard InChI is InChI=1S/C6H6N4O/c1-4-2-5(11)6-7-3-8-10(6)9-4/h2-3,9H,1H3. The molecule has 0 aromatic carbocycles. The van der Waals surface area contributed by atoms with Crippen LogP contribution in [-0.2, 0) is 0 Å². The summed E-state index contributed by atoms with van der Waals surface area (Å²) in [6.07, 6.45) is 1.34. The Morgan fingerprint density at radius 3 is 3.27 bits per heavy atom. The molecule has 0 saturated carbocycles. The first kappa shape index (κ1) is 6.09.